The Kier molecular flexibility index (Phi) is 4.09. The Bertz CT molecular complexity index is 752. The van der Waals surface area contributed by atoms with E-state index in [4.69, 9.17) is 0 Å². The Morgan fingerprint density at radius 1 is 1.32 bits per heavy atom. The number of urea groups is 1. The van der Waals surface area contributed by atoms with E-state index in [1.807, 2.05) is 25.6 Å². The lowest BCUT2D eigenvalue weighted by atomic mass is 10.0. The summed E-state index contributed by atoms with van der Waals surface area (Å²) in [6.07, 6.45) is 1.76. The smallest absolute Gasteiger partial charge is 0.325 e. The average molecular weight is 347 g/mol. The summed E-state index contributed by atoms with van der Waals surface area (Å²) < 4.78 is 1.83. The SMILES string of the molecule is Cc1nn(C)c(C)c1C1CCCN1C(=O)CN1C(=O)NC(C)(C)C1=O. The molecule has 0 aliphatic carbocycles. The number of nitrogens with zero attached hydrogens (tertiary/aromatic N) is 4. The predicted molar refractivity (Wildman–Crippen MR) is 90.7 cm³/mol. The lowest BCUT2D eigenvalue weighted by Gasteiger charge is -2.27. The van der Waals surface area contributed by atoms with Gasteiger partial charge in [0.25, 0.3) is 5.91 Å². The van der Waals surface area contributed by atoms with Crippen LogP contribution in [0.5, 0.6) is 0 Å². The molecule has 2 aliphatic rings. The zero-order chi connectivity index (χ0) is 18.5. The van der Waals surface area contributed by atoms with Crippen LogP contribution in [0.15, 0.2) is 0 Å². The highest BCUT2D eigenvalue weighted by Gasteiger charge is 2.46. The molecule has 1 aromatic heterocycles. The van der Waals surface area contributed by atoms with Crippen molar-refractivity contribution in [1.29, 1.82) is 0 Å². The van der Waals surface area contributed by atoms with Crippen LogP contribution in [0, 0.1) is 13.8 Å². The molecule has 8 heteroatoms. The topological polar surface area (TPSA) is 87.5 Å². The van der Waals surface area contributed by atoms with Crippen molar-refractivity contribution in [2.45, 2.75) is 52.1 Å². The van der Waals surface area contributed by atoms with Gasteiger partial charge >= 0.3 is 6.03 Å². The number of rotatable bonds is 3. The van der Waals surface area contributed by atoms with Crippen LogP contribution >= 0.6 is 0 Å². The number of aryl methyl sites for hydroxylation is 2. The van der Waals surface area contributed by atoms with Crippen LogP contribution < -0.4 is 5.32 Å². The van der Waals surface area contributed by atoms with Gasteiger partial charge in [-0.3, -0.25) is 19.2 Å². The van der Waals surface area contributed by atoms with E-state index in [0.717, 1.165) is 34.7 Å². The zero-order valence-electron chi connectivity index (χ0n) is 15.4. The van der Waals surface area contributed by atoms with Crippen LogP contribution in [0.3, 0.4) is 0 Å². The van der Waals surface area contributed by atoms with Crippen molar-refractivity contribution < 1.29 is 14.4 Å². The maximum atomic E-state index is 12.8. The Morgan fingerprint density at radius 2 is 2.00 bits per heavy atom. The number of amides is 4. The molecule has 0 radical (unpaired) electrons. The number of aromatic nitrogens is 2. The molecule has 0 bridgehead atoms. The van der Waals surface area contributed by atoms with Crippen LogP contribution in [0.2, 0.25) is 0 Å². The molecule has 0 aromatic carbocycles. The van der Waals surface area contributed by atoms with Crippen molar-refractivity contribution in [2.24, 2.45) is 7.05 Å². The first-order valence-electron chi connectivity index (χ1n) is 8.57. The highest BCUT2D eigenvalue weighted by molar-refractivity contribution is 6.08. The van der Waals surface area contributed by atoms with E-state index in [9.17, 15) is 14.4 Å². The molecule has 4 amide bonds. The van der Waals surface area contributed by atoms with Crippen molar-refractivity contribution >= 4 is 17.8 Å². The van der Waals surface area contributed by atoms with Crippen molar-refractivity contribution in [3.8, 4) is 0 Å². The zero-order valence-corrected chi connectivity index (χ0v) is 15.4. The molecular weight excluding hydrogens is 322 g/mol. The second-order valence-electron chi connectivity index (χ2n) is 7.40. The molecule has 2 saturated heterocycles. The lowest BCUT2D eigenvalue weighted by Crippen LogP contribution is -2.44. The number of likely N-dealkylation sites (tertiary alicyclic amines) is 1. The highest BCUT2D eigenvalue weighted by atomic mass is 16.2. The number of carbonyl (C=O) groups is 3. The summed E-state index contributed by atoms with van der Waals surface area (Å²) in [5.74, 6) is -0.568. The van der Waals surface area contributed by atoms with E-state index in [2.05, 4.69) is 10.4 Å². The van der Waals surface area contributed by atoms with Gasteiger partial charge in [0.15, 0.2) is 0 Å². The van der Waals surface area contributed by atoms with Gasteiger partial charge in [-0.1, -0.05) is 0 Å². The molecule has 136 valence electrons. The summed E-state index contributed by atoms with van der Waals surface area (Å²) in [6, 6.07) is -0.553. The Morgan fingerprint density at radius 3 is 2.52 bits per heavy atom. The van der Waals surface area contributed by atoms with E-state index < -0.39 is 11.6 Å². The standard InChI is InChI=1S/C17H25N5O3/c1-10-14(11(2)20(5)19-10)12-7-6-8-21(12)13(23)9-22-15(24)17(3,4)18-16(22)25/h12H,6-9H2,1-5H3,(H,18,25). The van der Waals surface area contributed by atoms with Gasteiger partial charge in [0.2, 0.25) is 5.91 Å². The minimum absolute atomic E-state index is 0.0463. The minimum Gasteiger partial charge on any atom is -0.334 e. The predicted octanol–water partition coefficient (Wildman–Crippen LogP) is 1.03. The first kappa shape index (κ1) is 17.4. The van der Waals surface area contributed by atoms with Crippen molar-refractivity contribution in [3.05, 3.63) is 17.0 Å². The molecule has 25 heavy (non-hydrogen) atoms. The van der Waals surface area contributed by atoms with Crippen molar-refractivity contribution in [3.63, 3.8) is 0 Å². The number of nitrogens with one attached hydrogen (secondary N) is 1. The number of hydrogen-bond acceptors (Lipinski definition) is 4. The van der Waals surface area contributed by atoms with E-state index in [-0.39, 0.29) is 24.4 Å². The summed E-state index contributed by atoms with van der Waals surface area (Å²) in [7, 11) is 1.89. The Labute approximate surface area is 147 Å². The van der Waals surface area contributed by atoms with Crippen LogP contribution in [0.1, 0.15) is 49.7 Å². The van der Waals surface area contributed by atoms with Gasteiger partial charge in [0, 0.05) is 24.8 Å². The molecule has 3 rings (SSSR count). The van der Waals surface area contributed by atoms with Crippen LogP contribution in [-0.2, 0) is 16.6 Å². The molecule has 1 atom stereocenters. The first-order valence-corrected chi connectivity index (χ1v) is 8.57. The minimum atomic E-state index is -0.960. The Hall–Kier alpha value is -2.38. The molecule has 0 saturated carbocycles. The van der Waals surface area contributed by atoms with E-state index in [0.29, 0.717) is 6.54 Å². The van der Waals surface area contributed by atoms with Crippen LogP contribution in [-0.4, -0.2) is 56.1 Å². The largest absolute Gasteiger partial charge is 0.334 e. The third kappa shape index (κ3) is 2.79. The summed E-state index contributed by atoms with van der Waals surface area (Å²) >= 11 is 0. The van der Waals surface area contributed by atoms with E-state index >= 15 is 0 Å². The Balaban J connectivity index is 1.80. The van der Waals surface area contributed by atoms with Gasteiger partial charge < -0.3 is 10.2 Å². The van der Waals surface area contributed by atoms with Gasteiger partial charge in [-0.2, -0.15) is 5.10 Å². The quantitative estimate of drug-likeness (QED) is 0.827. The van der Waals surface area contributed by atoms with Gasteiger partial charge in [0.05, 0.1) is 11.7 Å². The number of carbonyl (C=O) groups excluding carboxylic acids is 3. The molecule has 1 N–H and O–H groups in total. The van der Waals surface area contributed by atoms with Crippen molar-refractivity contribution in [1.82, 2.24) is 24.9 Å². The van der Waals surface area contributed by atoms with Gasteiger partial charge in [-0.25, -0.2) is 4.79 Å². The van der Waals surface area contributed by atoms with Gasteiger partial charge in [0.1, 0.15) is 12.1 Å². The second-order valence-corrected chi connectivity index (χ2v) is 7.40. The summed E-state index contributed by atoms with van der Waals surface area (Å²) in [5, 5.41) is 7.05. The highest BCUT2D eigenvalue weighted by Crippen LogP contribution is 2.35. The maximum absolute atomic E-state index is 12.8. The van der Waals surface area contributed by atoms with E-state index in [1.165, 1.54) is 0 Å². The molecule has 1 aromatic rings. The van der Waals surface area contributed by atoms with Crippen LogP contribution in [0.4, 0.5) is 4.79 Å². The van der Waals surface area contributed by atoms with Gasteiger partial charge in [-0.15, -0.1) is 0 Å². The first-order chi connectivity index (χ1) is 11.6. The lowest BCUT2D eigenvalue weighted by molar-refractivity contribution is -0.139. The third-order valence-electron chi connectivity index (χ3n) is 5.21. The molecule has 3 heterocycles. The number of imide groups is 1. The second kappa shape index (κ2) is 5.86. The van der Waals surface area contributed by atoms with Crippen LogP contribution in [0.25, 0.3) is 0 Å². The maximum Gasteiger partial charge on any atom is 0.325 e. The molecule has 2 aliphatic heterocycles. The average Bonchev–Trinajstić information content (AvgIpc) is 3.13. The fraction of sp³-hybridized carbons (Fsp3) is 0.647. The van der Waals surface area contributed by atoms with Crippen molar-refractivity contribution in [2.75, 3.05) is 13.1 Å². The molecule has 2 fully saturated rings. The summed E-state index contributed by atoms with van der Waals surface area (Å²) in [6.45, 7) is 7.63. The summed E-state index contributed by atoms with van der Waals surface area (Å²) in [4.78, 5) is 40.0. The molecular formula is C17H25N5O3. The molecule has 1 unspecified atom stereocenters. The van der Waals surface area contributed by atoms with E-state index in [1.54, 1.807) is 18.7 Å². The fourth-order valence-electron chi connectivity index (χ4n) is 3.83. The third-order valence-corrected chi connectivity index (χ3v) is 5.21. The fourth-order valence-corrected chi connectivity index (χ4v) is 3.83. The summed E-state index contributed by atoms with van der Waals surface area (Å²) in [5.41, 5.74) is 2.07. The molecule has 0 spiro atoms. The monoisotopic (exact) mass is 347 g/mol. The van der Waals surface area contributed by atoms with Gasteiger partial charge in [-0.05, 0) is 40.5 Å². The normalized spacial score (nSPS) is 22.7. The molecule has 8 nitrogen and oxygen atoms in total. The number of hydrogen-bond donors (Lipinski definition) is 1.